The Morgan fingerprint density at radius 2 is 1.51 bits per heavy atom. The van der Waals surface area contributed by atoms with Gasteiger partial charge in [-0.1, -0.05) is 65.7 Å². The van der Waals surface area contributed by atoms with Crippen LogP contribution in [-0.2, 0) is 29.1 Å². The molecule has 11 nitrogen and oxygen atoms in total. The summed E-state index contributed by atoms with van der Waals surface area (Å²) in [5.74, 6) is 0.598. The quantitative estimate of drug-likeness (QED) is 0.104. The molecule has 4 aromatic rings. The van der Waals surface area contributed by atoms with E-state index in [9.17, 15) is 14.4 Å². The van der Waals surface area contributed by atoms with Crippen LogP contribution >= 0.6 is 23.2 Å². The monoisotopic (exact) mass is 756 g/mol. The molecule has 5 N–H and O–H groups in total. The van der Waals surface area contributed by atoms with E-state index in [1.807, 2.05) is 54.6 Å². The maximum Gasteiger partial charge on any atom is 0.257 e. The highest BCUT2D eigenvalue weighted by Gasteiger charge is 2.29. The molecule has 0 spiro atoms. The normalized spacial score (nSPS) is 19.1. The van der Waals surface area contributed by atoms with E-state index in [1.165, 1.54) is 0 Å². The molecule has 3 atom stereocenters. The fourth-order valence-corrected chi connectivity index (χ4v) is 7.79. The van der Waals surface area contributed by atoms with Crippen molar-refractivity contribution in [3.05, 3.63) is 105 Å². The van der Waals surface area contributed by atoms with Gasteiger partial charge in [-0.05, 0) is 72.2 Å². The molecule has 2 fully saturated rings. The minimum absolute atomic E-state index is 0.0812. The topological polar surface area (TPSA) is 143 Å². The van der Waals surface area contributed by atoms with Crippen LogP contribution in [0, 0.1) is 0 Å². The van der Waals surface area contributed by atoms with Gasteiger partial charge in [0, 0.05) is 67.9 Å². The molecule has 3 heterocycles. The Kier molecular flexibility index (Phi) is 11.5. The number of carbonyl (C=O) groups excluding carboxylic acids is 3. The minimum Gasteiger partial charge on any atom is -0.481 e. The highest BCUT2D eigenvalue weighted by molar-refractivity contribution is 6.37. The van der Waals surface area contributed by atoms with E-state index in [1.54, 1.807) is 19.2 Å². The molecule has 3 amide bonds. The Bertz CT molecular complexity index is 2010. The van der Waals surface area contributed by atoms with Gasteiger partial charge in [0.05, 0.1) is 17.7 Å². The van der Waals surface area contributed by atoms with E-state index in [4.69, 9.17) is 32.7 Å². The van der Waals surface area contributed by atoms with Crippen LogP contribution in [0.2, 0.25) is 10.0 Å². The number of ether oxygens (including phenoxy) is 2. The maximum atomic E-state index is 13.5. The van der Waals surface area contributed by atoms with E-state index in [0.29, 0.717) is 72.0 Å². The first-order chi connectivity index (χ1) is 25.7. The second-order valence-corrected chi connectivity index (χ2v) is 14.4. The zero-order valence-corrected chi connectivity index (χ0v) is 30.9. The first-order valence-electron chi connectivity index (χ1n) is 18.0. The van der Waals surface area contributed by atoms with E-state index in [0.717, 1.165) is 59.2 Å². The molecule has 1 aliphatic carbocycles. The van der Waals surface area contributed by atoms with Crippen LogP contribution < -0.4 is 36.1 Å². The second kappa shape index (κ2) is 16.6. The molecule has 2 aliphatic heterocycles. The lowest BCUT2D eigenvalue weighted by molar-refractivity contribution is -0.120. The molecule has 7 rings (SSSR count). The van der Waals surface area contributed by atoms with Gasteiger partial charge in [-0.3, -0.25) is 14.4 Å². The summed E-state index contributed by atoms with van der Waals surface area (Å²) in [6.45, 7) is 2.49. The largest absolute Gasteiger partial charge is 0.481 e. The molecular formula is C40H42Cl2N6O5. The van der Waals surface area contributed by atoms with Gasteiger partial charge in [-0.25, -0.2) is 0 Å². The standard InChI is InChI=1S/C40H42Cl2N6O5/c1-52-39-24(20-44-22-27-13-17-36(50)46-27)18-33(41)40(48-39)53-34-15-14-29-28(4-2-5-30(29)34)31-6-3-7-32(37(31)42)38(51)47-25-10-8-23(9-11-25)19-43-21-26-12-16-35(49)45-26/h2-11,18,26-27,34,43-44H,12-17,19-22H2,1H3,(H,45,49)(H,46,50)(H,47,51)/t26-,27-,34-/m0/s1. The number of hydrogen-bond acceptors (Lipinski definition) is 8. The van der Waals surface area contributed by atoms with E-state index in [2.05, 4.69) is 31.6 Å². The van der Waals surface area contributed by atoms with Gasteiger partial charge in [0.15, 0.2) is 0 Å². The Balaban J connectivity index is 1.000. The molecule has 0 bridgehead atoms. The Morgan fingerprint density at radius 3 is 2.19 bits per heavy atom. The highest BCUT2D eigenvalue weighted by Crippen LogP contribution is 2.43. The average molecular weight is 758 g/mol. The van der Waals surface area contributed by atoms with Crippen molar-refractivity contribution in [1.82, 2.24) is 26.3 Å². The van der Waals surface area contributed by atoms with Crippen LogP contribution in [0.1, 0.15) is 70.8 Å². The summed E-state index contributed by atoms with van der Waals surface area (Å²) in [6, 6.07) is 21.3. The van der Waals surface area contributed by atoms with Crippen molar-refractivity contribution in [2.45, 2.75) is 69.8 Å². The number of carbonyl (C=O) groups is 3. The van der Waals surface area contributed by atoms with Crippen LogP contribution in [0.15, 0.2) is 66.7 Å². The zero-order chi connectivity index (χ0) is 36.9. The lowest BCUT2D eigenvalue weighted by atomic mass is 9.95. The summed E-state index contributed by atoms with van der Waals surface area (Å²) in [5.41, 5.74) is 6.72. The predicted octanol–water partition coefficient (Wildman–Crippen LogP) is 6.12. The predicted molar refractivity (Wildman–Crippen MR) is 205 cm³/mol. The summed E-state index contributed by atoms with van der Waals surface area (Å²) >= 11 is 13.7. The number of methoxy groups -OCH3 is 1. The Morgan fingerprint density at radius 1 is 0.830 bits per heavy atom. The summed E-state index contributed by atoms with van der Waals surface area (Å²) in [7, 11) is 1.56. The van der Waals surface area contributed by atoms with E-state index in [-0.39, 0.29) is 35.9 Å². The summed E-state index contributed by atoms with van der Waals surface area (Å²) < 4.78 is 12.0. The molecule has 13 heteroatoms. The van der Waals surface area contributed by atoms with Gasteiger partial charge in [-0.2, -0.15) is 4.98 Å². The number of anilines is 1. The highest BCUT2D eigenvalue weighted by atomic mass is 35.5. The number of nitrogens with zero attached hydrogens (tertiary/aromatic N) is 1. The number of hydrogen-bond donors (Lipinski definition) is 5. The van der Waals surface area contributed by atoms with Gasteiger partial charge >= 0.3 is 0 Å². The number of nitrogens with one attached hydrogen (secondary N) is 5. The number of halogens is 2. The van der Waals surface area contributed by atoms with E-state index >= 15 is 0 Å². The molecule has 0 radical (unpaired) electrons. The Labute approximate surface area is 318 Å². The molecule has 276 valence electrons. The number of aromatic nitrogens is 1. The fraction of sp³-hybridized carbons (Fsp3) is 0.350. The number of pyridine rings is 1. The SMILES string of the molecule is COc1nc(O[C@H]2CCc3c(-c4cccc(C(=O)Nc5ccc(CNC[C@@H]6CCC(=O)N6)cc5)c4Cl)cccc32)c(Cl)cc1CNC[C@@H]1CCC(=O)N1. The number of amides is 3. The van der Waals surface area contributed by atoms with Crippen molar-refractivity contribution in [3.8, 4) is 22.9 Å². The molecular weight excluding hydrogens is 715 g/mol. The minimum atomic E-state index is -0.299. The molecule has 3 aliphatic rings. The van der Waals surface area contributed by atoms with Crippen molar-refractivity contribution < 1.29 is 23.9 Å². The van der Waals surface area contributed by atoms with Crippen molar-refractivity contribution in [3.63, 3.8) is 0 Å². The number of fused-ring (bicyclic) bond motifs is 1. The number of rotatable bonds is 14. The van der Waals surface area contributed by atoms with Gasteiger partial charge in [-0.15, -0.1) is 0 Å². The maximum absolute atomic E-state index is 13.5. The van der Waals surface area contributed by atoms with E-state index < -0.39 is 0 Å². The summed E-state index contributed by atoms with van der Waals surface area (Å²) in [5, 5.41) is 16.4. The molecule has 3 aromatic carbocycles. The van der Waals surface area contributed by atoms with Gasteiger partial charge in [0.2, 0.25) is 23.6 Å². The lowest BCUT2D eigenvalue weighted by Crippen LogP contribution is -2.35. The van der Waals surface area contributed by atoms with Crippen LogP contribution in [0.4, 0.5) is 5.69 Å². The fourth-order valence-electron chi connectivity index (χ4n) is 7.26. The van der Waals surface area contributed by atoms with Crippen LogP contribution in [0.25, 0.3) is 11.1 Å². The molecule has 0 unspecified atom stereocenters. The van der Waals surface area contributed by atoms with Crippen molar-refractivity contribution in [1.29, 1.82) is 0 Å². The van der Waals surface area contributed by atoms with Crippen LogP contribution in [0.5, 0.6) is 11.8 Å². The third-order valence-electron chi connectivity index (χ3n) is 9.99. The third-order valence-corrected chi connectivity index (χ3v) is 10.7. The molecule has 0 saturated carbocycles. The summed E-state index contributed by atoms with van der Waals surface area (Å²) in [4.78, 5) is 41.0. The second-order valence-electron chi connectivity index (χ2n) is 13.6. The van der Waals surface area contributed by atoms with Crippen molar-refractivity contribution >= 4 is 46.6 Å². The van der Waals surface area contributed by atoms with Crippen LogP contribution in [0.3, 0.4) is 0 Å². The first kappa shape index (κ1) is 36.7. The van der Waals surface area contributed by atoms with Gasteiger partial charge in [0.25, 0.3) is 5.91 Å². The van der Waals surface area contributed by atoms with Crippen LogP contribution in [-0.4, -0.2) is 55.0 Å². The third kappa shape index (κ3) is 8.60. The van der Waals surface area contributed by atoms with Crippen molar-refractivity contribution in [2.24, 2.45) is 0 Å². The molecule has 53 heavy (non-hydrogen) atoms. The average Bonchev–Trinajstić information content (AvgIpc) is 3.89. The molecule has 2 saturated heterocycles. The molecule has 1 aromatic heterocycles. The van der Waals surface area contributed by atoms with Gasteiger partial charge in [0.1, 0.15) is 11.1 Å². The van der Waals surface area contributed by atoms with Gasteiger partial charge < -0.3 is 36.1 Å². The Hall–Kier alpha value is -4.68. The summed E-state index contributed by atoms with van der Waals surface area (Å²) in [6.07, 6.45) is 3.97. The zero-order valence-electron chi connectivity index (χ0n) is 29.4. The van der Waals surface area contributed by atoms with Crippen molar-refractivity contribution in [2.75, 3.05) is 25.5 Å². The lowest BCUT2D eigenvalue weighted by Gasteiger charge is -2.18. The first-order valence-corrected chi connectivity index (χ1v) is 18.7. The number of benzene rings is 3. The smallest absolute Gasteiger partial charge is 0.257 e.